The molecule has 0 aromatic heterocycles. The highest BCUT2D eigenvalue weighted by atomic mass is 29.2. The summed E-state index contributed by atoms with van der Waals surface area (Å²) >= 11 is 0. The largest absolute Gasteiger partial charge is 0.0766 e. The van der Waals surface area contributed by atoms with Gasteiger partial charge in [0.25, 0.3) is 0 Å². The molecular weight excluding hydrogens is 356 g/mol. The molecule has 0 heterocycles. The maximum Gasteiger partial charge on any atom is 0.0398 e. The van der Waals surface area contributed by atoms with Crippen molar-refractivity contribution in [2.45, 2.75) is 161 Å². The van der Waals surface area contributed by atoms with Crippen molar-refractivity contribution in [3.63, 3.8) is 0 Å². The lowest BCUT2D eigenvalue weighted by Gasteiger charge is -2.31. The summed E-state index contributed by atoms with van der Waals surface area (Å²) in [6.07, 6.45) is 26.9. The van der Waals surface area contributed by atoms with Crippen LogP contribution in [0.15, 0.2) is 0 Å². The SMILES string of the molecule is CCCCCCCC[Si](CCCCCCCC)(CCCCCCCC)[SiH2]C. The van der Waals surface area contributed by atoms with Crippen molar-refractivity contribution in [1.82, 2.24) is 0 Å². The predicted octanol–water partition coefficient (Wildman–Crippen LogP) is 9.23. The summed E-state index contributed by atoms with van der Waals surface area (Å²) in [4.78, 5) is 0. The van der Waals surface area contributed by atoms with Crippen LogP contribution < -0.4 is 0 Å². The molecule has 0 fully saturated rings. The molecule has 0 radical (unpaired) electrons. The third-order valence-corrected chi connectivity index (χ3v) is 20.4. The van der Waals surface area contributed by atoms with E-state index in [-0.39, 0.29) is 9.04 Å². The first-order valence-corrected chi connectivity index (χ1v) is 19.6. The van der Waals surface area contributed by atoms with Gasteiger partial charge in [0, 0.05) is 16.6 Å². The maximum absolute atomic E-state index is 2.69. The summed E-state index contributed by atoms with van der Waals surface area (Å²) in [5.74, 6) is 0. The Morgan fingerprint density at radius 3 is 0.926 bits per heavy atom. The Balaban J connectivity index is 4.23. The van der Waals surface area contributed by atoms with Crippen molar-refractivity contribution in [2.24, 2.45) is 0 Å². The third kappa shape index (κ3) is 17.0. The fraction of sp³-hybridized carbons (Fsp3) is 1.00. The Kier molecular flexibility index (Phi) is 21.5. The average molecular weight is 413 g/mol. The molecule has 0 nitrogen and oxygen atoms in total. The Labute approximate surface area is 177 Å². The van der Waals surface area contributed by atoms with E-state index in [1.54, 1.807) is 37.4 Å². The van der Waals surface area contributed by atoms with Gasteiger partial charge in [-0.2, -0.15) is 0 Å². The lowest BCUT2D eigenvalue weighted by atomic mass is 10.1. The van der Waals surface area contributed by atoms with E-state index in [0.29, 0.717) is 0 Å². The van der Waals surface area contributed by atoms with Crippen molar-refractivity contribution in [3.8, 4) is 0 Å². The Morgan fingerprint density at radius 2 is 0.667 bits per heavy atom. The van der Waals surface area contributed by atoms with E-state index in [4.69, 9.17) is 0 Å². The summed E-state index contributed by atoms with van der Waals surface area (Å²) in [6.45, 7) is 9.70. The summed E-state index contributed by atoms with van der Waals surface area (Å²) in [7, 11) is -0.608. The van der Waals surface area contributed by atoms with Crippen LogP contribution in [0.4, 0.5) is 0 Å². The number of hydrogen-bond donors (Lipinski definition) is 0. The van der Waals surface area contributed by atoms with Gasteiger partial charge >= 0.3 is 0 Å². The van der Waals surface area contributed by atoms with E-state index >= 15 is 0 Å². The zero-order valence-electron chi connectivity index (χ0n) is 20.1. The van der Waals surface area contributed by atoms with Crippen LogP contribution in [0, 0.1) is 0 Å². The van der Waals surface area contributed by atoms with Crippen LogP contribution in [0.25, 0.3) is 0 Å². The fourth-order valence-electron chi connectivity index (χ4n) is 4.75. The first kappa shape index (κ1) is 27.4. The van der Waals surface area contributed by atoms with Crippen molar-refractivity contribution in [1.29, 1.82) is 0 Å². The molecule has 0 atom stereocenters. The molecule has 0 amide bonds. The fourth-order valence-corrected chi connectivity index (χ4v) is 15.0. The lowest BCUT2D eigenvalue weighted by Crippen LogP contribution is -2.40. The molecule has 0 bridgehead atoms. The standard InChI is InChI=1S/C25H56Si2/c1-5-8-11-14-17-20-23-27(26-4,24-21-18-15-12-9-6-2)25-22-19-16-13-10-7-3/h5-26H2,1-4H3. The van der Waals surface area contributed by atoms with Gasteiger partial charge in [0.15, 0.2) is 0 Å². The van der Waals surface area contributed by atoms with Crippen molar-refractivity contribution in [2.75, 3.05) is 0 Å². The van der Waals surface area contributed by atoms with Crippen LogP contribution in [0.2, 0.25) is 24.7 Å². The highest BCUT2D eigenvalue weighted by molar-refractivity contribution is 7.24. The van der Waals surface area contributed by atoms with Gasteiger partial charge in [-0.3, -0.25) is 0 Å². The molecule has 0 aliphatic rings. The number of hydrogen-bond acceptors (Lipinski definition) is 0. The minimum absolute atomic E-state index is 0.228. The Hall–Kier alpha value is 0.434. The van der Waals surface area contributed by atoms with E-state index < -0.39 is 7.59 Å². The molecule has 0 aliphatic heterocycles. The second-order valence-corrected chi connectivity index (χ2v) is 21.2. The predicted molar refractivity (Wildman–Crippen MR) is 135 cm³/mol. The van der Waals surface area contributed by atoms with Gasteiger partial charge in [0.05, 0.1) is 0 Å². The zero-order valence-corrected chi connectivity index (χ0v) is 22.5. The molecule has 2 heteroatoms. The van der Waals surface area contributed by atoms with Crippen LogP contribution in [0.1, 0.15) is 136 Å². The van der Waals surface area contributed by atoms with E-state index in [0.717, 1.165) is 0 Å². The summed E-state index contributed by atoms with van der Waals surface area (Å²) < 4.78 is 0. The summed E-state index contributed by atoms with van der Waals surface area (Å²) in [5.41, 5.74) is 0. The second kappa shape index (κ2) is 21.2. The van der Waals surface area contributed by atoms with Gasteiger partial charge in [0.2, 0.25) is 0 Å². The minimum Gasteiger partial charge on any atom is -0.0766 e. The molecule has 0 rings (SSSR count). The van der Waals surface area contributed by atoms with Crippen LogP contribution in [0.3, 0.4) is 0 Å². The number of unbranched alkanes of at least 4 members (excludes halogenated alkanes) is 15. The Morgan fingerprint density at radius 1 is 0.407 bits per heavy atom. The molecule has 0 saturated carbocycles. The molecule has 0 spiro atoms. The van der Waals surface area contributed by atoms with Gasteiger partial charge < -0.3 is 0 Å². The van der Waals surface area contributed by atoms with Crippen LogP contribution >= 0.6 is 0 Å². The zero-order chi connectivity index (χ0) is 20.1. The smallest absolute Gasteiger partial charge is 0.0398 e. The van der Waals surface area contributed by atoms with Gasteiger partial charge in [-0.15, -0.1) is 0 Å². The van der Waals surface area contributed by atoms with Gasteiger partial charge in [0.1, 0.15) is 0 Å². The topological polar surface area (TPSA) is 0 Å². The van der Waals surface area contributed by atoms with Crippen LogP contribution in [-0.2, 0) is 0 Å². The van der Waals surface area contributed by atoms with E-state index in [9.17, 15) is 0 Å². The summed E-state index contributed by atoms with van der Waals surface area (Å²) in [5, 5.41) is 0. The molecule has 0 aromatic carbocycles. The van der Waals surface area contributed by atoms with Crippen molar-refractivity contribution >= 4 is 16.6 Å². The Bertz CT molecular complexity index is 237. The second-order valence-electron chi connectivity index (χ2n) is 9.41. The van der Waals surface area contributed by atoms with Crippen LogP contribution in [0.5, 0.6) is 0 Å². The third-order valence-electron chi connectivity index (χ3n) is 6.93. The highest BCUT2D eigenvalue weighted by Crippen LogP contribution is 2.29. The molecular formula is C25H56Si2. The molecule has 164 valence electrons. The van der Waals surface area contributed by atoms with E-state index in [2.05, 4.69) is 27.3 Å². The quantitative estimate of drug-likeness (QED) is 0.123. The van der Waals surface area contributed by atoms with Crippen LogP contribution in [-0.4, -0.2) is 16.6 Å². The normalized spacial score (nSPS) is 12.4. The molecule has 0 saturated heterocycles. The maximum atomic E-state index is 2.69. The van der Waals surface area contributed by atoms with Gasteiger partial charge in [-0.1, -0.05) is 161 Å². The molecule has 0 aromatic rings. The number of rotatable bonds is 22. The van der Waals surface area contributed by atoms with Gasteiger partial charge in [-0.05, 0) is 0 Å². The minimum atomic E-state index is -0.836. The first-order valence-electron chi connectivity index (χ1n) is 13.2. The highest BCUT2D eigenvalue weighted by Gasteiger charge is 2.29. The van der Waals surface area contributed by atoms with E-state index in [1.807, 2.05) is 0 Å². The first-order chi connectivity index (χ1) is 13.2. The lowest BCUT2D eigenvalue weighted by molar-refractivity contribution is 0.609. The molecule has 0 aliphatic carbocycles. The van der Waals surface area contributed by atoms with Crippen molar-refractivity contribution < 1.29 is 0 Å². The summed E-state index contributed by atoms with van der Waals surface area (Å²) in [6, 6.07) is 5.14. The van der Waals surface area contributed by atoms with Gasteiger partial charge in [-0.25, -0.2) is 0 Å². The van der Waals surface area contributed by atoms with E-state index in [1.165, 1.54) is 96.3 Å². The average Bonchev–Trinajstić information content (AvgIpc) is 2.69. The molecule has 0 unspecified atom stereocenters. The molecule has 27 heavy (non-hydrogen) atoms. The monoisotopic (exact) mass is 412 g/mol. The van der Waals surface area contributed by atoms with Crippen molar-refractivity contribution in [3.05, 3.63) is 0 Å². The molecule has 0 N–H and O–H groups in total.